The summed E-state index contributed by atoms with van der Waals surface area (Å²) in [5.74, 6) is 0.788. The van der Waals surface area contributed by atoms with Crippen molar-refractivity contribution in [2.75, 3.05) is 13.1 Å². The second-order valence-corrected chi connectivity index (χ2v) is 6.47. The molecular formula is C14H25NO. The van der Waals surface area contributed by atoms with Gasteiger partial charge >= 0.3 is 0 Å². The van der Waals surface area contributed by atoms with Gasteiger partial charge in [0.25, 0.3) is 0 Å². The summed E-state index contributed by atoms with van der Waals surface area (Å²) in [4.78, 5) is 2.75. The Labute approximate surface area is 99.0 Å². The predicted octanol–water partition coefficient (Wildman–Crippen LogP) is 2.41. The molecule has 0 amide bonds. The largest absolute Gasteiger partial charge is 0.393 e. The van der Waals surface area contributed by atoms with Crippen LogP contribution in [0.4, 0.5) is 0 Å². The van der Waals surface area contributed by atoms with Gasteiger partial charge in [-0.1, -0.05) is 13.3 Å². The van der Waals surface area contributed by atoms with Crippen LogP contribution in [0.25, 0.3) is 0 Å². The third-order valence-electron chi connectivity index (χ3n) is 5.65. The summed E-state index contributed by atoms with van der Waals surface area (Å²) >= 11 is 0. The molecule has 0 aromatic heterocycles. The van der Waals surface area contributed by atoms with Crippen molar-refractivity contribution in [2.45, 2.75) is 64.0 Å². The van der Waals surface area contributed by atoms with Crippen LogP contribution in [0.1, 0.15) is 51.9 Å². The van der Waals surface area contributed by atoms with Crippen LogP contribution >= 0.6 is 0 Å². The Bertz CT molecular complexity index is 267. The van der Waals surface area contributed by atoms with Gasteiger partial charge in [-0.2, -0.15) is 0 Å². The van der Waals surface area contributed by atoms with Crippen molar-refractivity contribution in [3.63, 3.8) is 0 Å². The summed E-state index contributed by atoms with van der Waals surface area (Å²) in [5.41, 5.74) is 0.512. The van der Waals surface area contributed by atoms with Crippen molar-refractivity contribution >= 4 is 0 Å². The van der Waals surface area contributed by atoms with Gasteiger partial charge < -0.3 is 5.11 Å². The number of aliphatic hydroxyl groups excluding tert-OH is 1. The summed E-state index contributed by atoms with van der Waals surface area (Å²) in [6.07, 6.45) is 8.91. The normalized spacial score (nSPS) is 49.5. The number of aliphatic hydroxyl groups is 1. The van der Waals surface area contributed by atoms with E-state index >= 15 is 0 Å². The van der Waals surface area contributed by atoms with Crippen LogP contribution in [0.15, 0.2) is 0 Å². The van der Waals surface area contributed by atoms with Crippen LogP contribution in [0.2, 0.25) is 0 Å². The maximum Gasteiger partial charge on any atom is 0.0543 e. The first-order valence-corrected chi connectivity index (χ1v) is 7.12. The molecule has 1 saturated carbocycles. The smallest absolute Gasteiger partial charge is 0.0543 e. The van der Waals surface area contributed by atoms with Crippen LogP contribution < -0.4 is 0 Å². The molecule has 16 heavy (non-hydrogen) atoms. The Morgan fingerprint density at radius 1 is 1.12 bits per heavy atom. The first kappa shape index (κ1) is 11.0. The van der Waals surface area contributed by atoms with Crippen molar-refractivity contribution in [3.8, 4) is 0 Å². The molecule has 92 valence electrons. The number of hydrogen-bond donors (Lipinski definition) is 1. The van der Waals surface area contributed by atoms with E-state index in [-0.39, 0.29) is 6.10 Å². The fraction of sp³-hybridized carbons (Fsp3) is 1.00. The highest BCUT2D eigenvalue weighted by molar-refractivity contribution is 5.02. The van der Waals surface area contributed by atoms with Crippen LogP contribution in [0, 0.1) is 11.3 Å². The zero-order chi connectivity index (χ0) is 11.2. The van der Waals surface area contributed by atoms with Crippen molar-refractivity contribution < 1.29 is 5.11 Å². The molecule has 3 fully saturated rings. The van der Waals surface area contributed by atoms with E-state index in [1.165, 1.54) is 45.2 Å². The SMILES string of the molecule is C[C@]12CC[C@H](O)C[C@@H]1CCN1CCCC[C@@H]12. The topological polar surface area (TPSA) is 23.5 Å². The number of nitrogens with zero attached hydrogens (tertiary/aromatic N) is 1. The zero-order valence-electron chi connectivity index (χ0n) is 10.5. The molecule has 1 aliphatic carbocycles. The first-order valence-electron chi connectivity index (χ1n) is 7.12. The Balaban J connectivity index is 1.82. The highest BCUT2D eigenvalue weighted by Gasteiger charge is 2.49. The van der Waals surface area contributed by atoms with Crippen LogP contribution in [-0.2, 0) is 0 Å². The van der Waals surface area contributed by atoms with E-state index in [2.05, 4.69) is 11.8 Å². The van der Waals surface area contributed by atoms with E-state index in [1.54, 1.807) is 0 Å². The molecule has 2 aliphatic heterocycles. The summed E-state index contributed by atoms with van der Waals surface area (Å²) in [6, 6.07) is 0.826. The minimum Gasteiger partial charge on any atom is -0.393 e. The molecule has 3 aliphatic rings. The van der Waals surface area contributed by atoms with Gasteiger partial charge in [0.15, 0.2) is 0 Å². The standard InChI is InChI=1S/C14H25NO/c1-14-7-5-12(16)10-11(14)6-9-15-8-3-2-4-13(14)15/h11-13,16H,2-10H2,1H3/t11-,12-,13+,14-/m0/s1. The van der Waals surface area contributed by atoms with E-state index in [1.807, 2.05) is 0 Å². The quantitative estimate of drug-likeness (QED) is 0.681. The first-order chi connectivity index (χ1) is 7.70. The molecule has 2 heteroatoms. The monoisotopic (exact) mass is 223 g/mol. The molecule has 3 rings (SSSR count). The van der Waals surface area contributed by atoms with E-state index < -0.39 is 0 Å². The Kier molecular flexibility index (Phi) is 2.75. The van der Waals surface area contributed by atoms with Gasteiger partial charge in [0.2, 0.25) is 0 Å². The van der Waals surface area contributed by atoms with E-state index in [0.717, 1.165) is 24.8 Å². The molecule has 2 saturated heterocycles. The predicted molar refractivity (Wildman–Crippen MR) is 65.3 cm³/mol. The molecule has 0 aromatic rings. The minimum absolute atomic E-state index is 0.00628. The molecule has 0 unspecified atom stereocenters. The molecule has 4 atom stereocenters. The highest BCUT2D eigenvalue weighted by Crippen LogP contribution is 2.51. The van der Waals surface area contributed by atoms with Gasteiger partial charge in [-0.3, -0.25) is 4.90 Å². The fourth-order valence-corrected chi connectivity index (χ4v) is 4.61. The third-order valence-corrected chi connectivity index (χ3v) is 5.65. The summed E-state index contributed by atoms with van der Waals surface area (Å²) in [6.45, 7) is 5.12. The average Bonchev–Trinajstić information content (AvgIpc) is 2.31. The molecular weight excluding hydrogens is 198 g/mol. The van der Waals surface area contributed by atoms with E-state index in [4.69, 9.17) is 0 Å². The number of piperidine rings is 2. The molecule has 0 aromatic carbocycles. The van der Waals surface area contributed by atoms with Crippen molar-refractivity contribution in [3.05, 3.63) is 0 Å². The Morgan fingerprint density at radius 2 is 2.00 bits per heavy atom. The summed E-state index contributed by atoms with van der Waals surface area (Å²) in [7, 11) is 0. The van der Waals surface area contributed by atoms with Gasteiger partial charge in [0.05, 0.1) is 6.10 Å². The van der Waals surface area contributed by atoms with Crippen molar-refractivity contribution in [2.24, 2.45) is 11.3 Å². The number of rotatable bonds is 0. The molecule has 0 spiro atoms. The number of hydrogen-bond acceptors (Lipinski definition) is 2. The van der Waals surface area contributed by atoms with Crippen LogP contribution in [0.5, 0.6) is 0 Å². The lowest BCUT2D eigenvalue weighted by Gasteiger charge is -2.57. The second-order valence-electron chi connectivity index (χ2n) is 6.47. The molecule has 1 N–H and O–H groups in total. The highest BCUT2D eigenvalue weighted by atomic mass is 16.3. The van der Waals surface area contributed by atoms with Crippen LogP contribution in [0.3, 0.4) is 0 Å². The van der Waals surface area contributed by atoms with Gasteiger partial charge in [-0.25, -0.2) is 0 Å². The lowest BCUT2D eigenvalue weighted by molar-refractivity contribution is -0.0916. The number of fused-ring (bicyclic) bond motifs is 3. The van der Waals surface area contributed by atoms with Crippen molar-refractivity contribution in [1.29, 1.82) is 0 Å². The summed E-state index contributed by atoms with van der Waals surface area (Å²) in [5, 5.41) is 9.84. The van der Waals surface area contributed by atoms with E-state index in [9.17, 15) is 5.11 Å². The van der Waals surface area contributed by atoms with Crippen molar-refractivity contribution in [1.82, 2.24) is 4.90 Å². The molecule has 2 nitrogen and oxygen atoms in total. The molecule has 0 radical (unpaired) electrons. The maximum atomic E-state index is 9.84. The lowest BCUT2D eigenvalue weighted by Crippen LogP contribution is -2.59. The average molecular weight is 223 g/mol. The molecule has 2 heterocycles. The summed E-state index contributed by atoms with van der Waals surface area (Å²) < 4.78 is 0. The van der Waals surface area contributed by atoms with Gasteiger partial charge in [0.1, 0.15) is 0 Å². The zero-order valence-corrected chi connectivity index (χ0v) is 10.5. The van der Waals surface area contributed by atoms with Gasteiger partial charge in [-0.15, -0.1) is 0 Å². The van der Waals surface area contributed by atoms with Gasteiger partial charge in [0, 0.05) is 6.04 Å². The lowest BCUT2D eigenvalue weighted by atomic mass is 9.58. The maximum absolute atomic E-state index is 9.84. The minimum atomic E-state index is -0.00628. The van der Waals surface area contributed by atoms with E-state index in [0.29, 0.717) is 5.41 Å². The Morgan fingerprint density at radius 3 is 2.88 bits per heavy atom. The molecule has 0 bridgehead atoms. The second kappa shape index (κ2) is 3.99. The van der Waals surface area contributed by atoms with Gasteiger partial charge in [-0.05, 0) is 62.9 Å². The van der Waals surface area contributed by atoms with Crippen LogP contribution in [-0.4, -0.2) is 35.2 Å². The third kappa shape index (κ3) is 1.62. The Hall–Kier alpha value is -0.0800. The fourth-order valence-electron chi connectivity index (χ4n) is 4.61.